The van der Waals surface area contributed by atoms with Crippen LogP contribution in [0.2, 0.25) is 0 Å². The first-order valence-electron chi connectivity index (χ1n) is 31.1. The summed E-state index contributed by atoms with van der Waals surface area (Å²) in [4.78, 5) is 48.6. The van der Waals surface area contributed by atoms with Crippen LogP contribution < -0.4 is 0 Å². The van der Waals surface area contributed by atoms with Gasteiger partial charge in [-0.3, -0.25) is 23.4 Å². The lowest BCUT2D eigenvalue weighted by Crippen LogP contribution is -2.30. The van der Waals surface area contributed by atoms with Gasteiger partial charge in [-0.2, -0.15) is 0 Å². The van der Waals surface area contributed by atoms with Crippen molar-refractivity contribution in [1.82, 2.24) is 0 Å². The van der Waals surface area contributed by atoms with Gasteiger partial charge in [-0.15, -0.1) is 0 Å². The van der Waals surface area contributed by atoms with E-state index in [2.05, 4.69) is 130 Å². The van der Waals surface area contributed by atoms with Gasteiger partial charge >= 0.3 is 25.7 Å². The molecule has 0 radical (unpaired) electrons. The van der Waals surface area contributed by atoms with Crippen molar-refractivity contribution < 1.29 is 52.2 Å². The van der Waals surface area contributed by atoms with Crippen molar-refractivity contribution in [3.8, 4) is 0 Å². The summed E-state index contributed by atoms with van der Waals surface area (Å²) < 4.78 is 39.5. The number of carbonyl (C=O) groups excluding carboxylic acids is 3. The zero-order chi connectivity index (χ0) is 58.3. The van der Waals surface area contributed by atoms with E-state index >= 15 is 0 Å². The third-order valence-electron chi connectivity index (χ3n) is 12.6. The minimum Gasteiger partial charge on any atom is -0.462 e. The zero-order valence-electron chi connectivity index (χ0n) is 50.2. The number of unbranched alkanes of at least 4 members (excludes halogenated alkanes) is 18. The lowest BCUT2D eigenvalue weighted by molar-refractivity contribution is -0.161. The van der Waals surface area contributed by atoms with Gasteiger partial charge in [0.25, 0.3) is 0 Å². The van der Waals surface area contributed by atoms with E-state index < -0.39 is 57.8 Å². The first-order chi connectivity index (χ1) is 39.2. The molecule has 0 aromatic carbocycles. The largest absolute Gasteiger partial charge is 0.472 e. The SMILES string of the molecule is CC/C=C\C/C=C\C/C=C\C/C=C\C/C=C\CCCCCC(=O)OC(COC(=O)CCCCCCCCCCC/C=C\CCCCCCCC)COP(=O)(O)OCC(CO)OC(=O)C/C=C\C/C=C\C/C=C\C/C=C\C/C=C\CC. The molecule has 0 spiro atoms. The van der Waals surface area contributed by atoms with E-state index in [1.807, 2.05) is 18.2 Å². The van der Waals surface area contributed by atoms with Gasteiger partial charge in [0, 0.05) is 12.8 Å². The lowest BCUT2D eigenvalue weighted by atomic mass is 10.1. The van der Waals surface area contributed by atoms with Crippen LogP contribution in [0, 0.1) is 0 Å². The average molecular weight is 1140 g/mol. The van der Waals surface area contributed by atoms with E-state index in [-0.39, 0.29) is 25.9 Å². The van der Waals surface area contributed by atoms with Crippen LogP contribution in [0.4, 0.5) is 0 Å². The fraction of sp³-hybridized carbons (Fsp3) is 0.632. The van der Waals surface area contributed by atoms with Crippen LogP contribution in [0.3, 0.4) is 0 Å². The predicted octanol–water partition coefficient (Wildman–Crippen LogP) is 18.9. The van der Waals surface area contributed by atoms with Gasteiger partial charge in [0.15, 0.2) is 6.10 Å². The standard InChI is InChI=1S/C68H111O11P/c1-4-7-10-13-16-19-22-25-28-30-32-34-37-39-42-45-48-51-54-57-66(70)75-61-65(79-68(72)59-56-53-50-47-44-41-38-35-33-31-29-26-23-20-17-14-11-8-5-2)63-77-80(73,74)76-62-64(60-69)78-67(71)58-55-52-49-46-43-40-36-27-24-21-18-15-12-9-6-3/h8-9,11-12,17-18,20-21,25-29,33,35-36,41,43-44,46,52,55,64-65,69H,4-7,10,13-16,19,22-24,30-32,34,37-40,42,45,47-51,53-54,56-63H2,1-3H3,(H,73,74)/b11-8-,12-9-,20-17-,21-18-,28-25-,29-26-,35-33-,36-27-,44-41-,46-43-,55-52-. The average Bonchev–Trinajstić information content (AvgIpc) is 3.45. The first-order valence-corrected chi connectivity index (χ1v) is 32.6. The summed E-state index contributed by atoms with van der Waals surface area (Å²) in [5.41, 5.74) is 0. The fourth-order valence-corrected chi connectivity index (χ4v) is 8.71. The molecule has 0 aromatic rings. The Kier molecular flexibility index (Phi) is 57.4. The van der Waals surface area contributed by atoms with Crippen molar-refractivity contribution >= 4 is 25.7 Å². The molecular weight excluding hydrogens is 1020 g/mol. The molecule has 80 heavy (non-hydrogen) atoms. The van der Waals surface area contributed by atoms with Crippen molar-refractivity contribution in [3.05, 3.63) is 134 Å². The van der Waals surface area contributed by atoms with Gasteiger partial charge in [-0.1, -0.05) is 238 Å². The van der Waals surface area contributed by atoms with E-state index in [0.717, 1.165) is 96.3 Å². The maximum absolute atomic E-state index is 12.9. The summed E-state index contributed by atoms with van der Waals surface area (Å²) in [5.74, 6) is -1.65. The second-order valence-electron chi connectivity index (χ2n) is 20.1. The Bertz CT molecular complexity index is 1850. The molecule has 0 aromatic heterocycles. The Morgan fingerprint density at radius 1 is 0.375 bits per heavy atom. The molecule has 0 rings (SSSR count). The van der Waals surface area contributed by atoms with Crippen LogP contribution in [0.15, 0.2) is 134 Å². The highest BCUT2D eigenvalue weighted by molar-refractivity contribution is 7.47. The fourth-order valence-electron chi connectivity index (χ4n) is 7.92. The molecule has 0 aliphatic heterocycles. The van der Waals surface area contributed by atoms with Gasteiger partial charge in [0.05, 0.1) is 26.2 Å². The molecule has 0 amide bonds. The summed E-state index contributed by atoms with van der Waals surface area (Å²) in [6.45, 7) is 4.26. The number of aliphatic hydroxyl groups is 1. The normalized spacial score (nSPS) is 14.2. The molecule has 0 aliphatic rings. The van der Waals surface area contributed by atoms with Gasteiger partial charge in [0.1, 0.15) is 12.7 Å². The Hall–Kier alpha value is -4.38. The number of phosphoric ester groups is 1. The Morgan fingerprint density at radius 2 is 0.700 bits per heavy atom. The van der Waals surface area contributed by atoms with Crippen molar-refractivity contribution in [3.63, 3.8) is 0 Å². The second kappa shape index (κ2) is 60.7. The van der Waals surface area contributed by atoms with Crippen LogP contribution in [0.1, 0.15) is 239 Å². The minimum absolute atomic E-state index is 0.0641. The quantitative estimate of drug-likeness (QED) is 0.0197. The molecule has 0 heterocycles. The molecular formula is C68H111O11P. The summed E-state index contributed by atoms with van der Waals surface area (Å²) in [6.07, 6.45) is 77.2. The number of allylic oxidation sites excluding steroid dienone is 21. The smallest absolute Gasteiger partial charge is 0.462 e. The van der Waals surface area contributed by atoms with Crippen LogP contribution in [0.25, 0.3) is 0 Å². The molecule has 0 aliphatic carbocycles. The number of carbonyl (C=O) groups is 3. The summed E-state index contributed by atoms with van der Waals surface area (Å²) in [5, 5.41) is 9.81. The molecule has 0 saturated heterocycles. The van der Waals surface area contributed by atoms with Crippen LogP contribution in [-0.4, -0.2) is 66.5 Å². The predicted molar refractivity (Wildman–Crippen MR) is 334 cm³/mol. The van der Waals surface area contributed by atoms with Gasteiger partial charge in [0.2, 0.25) is 0 Å². The topological polar surface area (TPSA) is 155 Å². The van der Waals surface area contributed by atoms with E-state index in [4.69, 9.17) is 23.3 Å². The monoisotopic (exact) mass is 1130 g/mol. The Balaban J connectivity index is 4.86. The number of ether oxygens (including phenoxy) is 3. The summed E-state index contributed by atoms with van der Waals surface area (Å²) in [6, 6.07) is 0. The van der Waals surface area contributed by atoms with Gasteiger partial charge < -0.3 is 24.2 Å². The van der Waals surface area contributed by atoms with Crippen molar-refractivity contribution in [2.24, 2.45) is 0 Å². The molecule has 12 heteroatoms. The number of hydrogen-bond acceptors (Lipinski definition) is 10. The molecule has 3 atom stereocenters. The van der Waals surface area contributed by atoms with Crippen molar-refractivity contribution in [1.29, 1.82) is 0 Å². The molecule has 0 saturated carbocycles. The van der Waals surface area contributed by atoms with Crippen molar-refractivity contribution in [2.75, 3.05) is 26.4 Å². The van der Waals surface area contributed by atoms with E-state index in [9.17, 15) is 28.9 Å². The number of esters is 3. The summed E-state index contributed by atoms with van der Waals surface area (Å²) >= 11 is 0. The van der Waals surface area contributed by atoms with Crippen LogP contribution in [-0.2, 0) is 42.2 Å². The van der Waals surface area contributed by atoms with E-state index in [1.54, 1.807) is 6.08 Å². The number of phosphoric acid groups is 1. The highest BCUT2D eigenvalue weighted by Crippen LogP contribution is 2.43. The first kappa shape index (κ1) is 75.6. The second-order valence-corrected chi connectivity index (χ2v) is 21.6. The highest BCUT2D eigenvalue weighted by Gasteiger charge is 2.28. The number of aliphatic hydroxyl groups excluding tert-OH is 1. The van der Waals surface area contributed by atoms with Gasteiger partial charge in [-0.05, 0) is 116 Å². The molecule has 2 N–H and O–H groups in total. The number of rotatable bonds is 56. The van der Waals surface area contributed by atoms with Crippen LogP contribution >= 0.6 is 7.82 Å². The number of hydrogen-bond donors (Lipinski definition) is 2. The van der Waals surface area contributed by atoms with E-state index in [1.165, 1.54) is 83.5 Å². The Morgan fingerprint density at radius 3 is 1.12 bits per heavy atom. The lowest BCUT2D eigenvalue weighted by Gasteiger charge is -2.21. The zero-order valence-corrected chi connectivity index (χ0v) is 51.1. The van der Waals surface area contributed by atoms with E-state index in [0.29, 0.717) is 19.3 Å². The molecule has 0 fully saturated rings. The van der Waals surface area contributed by atoms with Crippen molar-refractivity contribution in [2.45, 2.75) is 251 Å². The maximum atomic E-state index is 12.9. The molecule has 3 unspecified atom stereocenters. The molecule has 11 nitrogen and oxygen atoms in total. The Labute approximate surface area is 487 Å². The van der Waals surface area contributed by atoms with Crippen LogP contribution in [0.5, 0.6) is 0 Å². The summed E-state index contributed by atoms with van der Waals surface area (Å²) in [7, 11) is -4.80. The molecule has 454 valence electrons. The molecule has 0 bridgehead atoms. The highest BCUT2D eigenvalue weighted by atomic mass is 31.2. The minimum atomic E-state index is -4.80. The van der Waals surface area contributed by atoms with Gasteiger partial charge in [-0.25, -0.2) is 4.57 Å². The third-order valence-corrected chi connectivity index (χ3v) is 13.5. The maximum Gasteiger partial charge on any atom is 0.472 e. The third kappa shape index (κ3) is 58.3.